The Balaban J connectivity index is 1.34. The van der Waals surface area contributed by atoms with Crippen LogP contribution in [0.15, 0.2) is 30.3 Å². The molecular formula is C29H30Cl2F3N3O2. The van der Waals surface area contributed by atoms with Crippen LogP contribution in [-0.2, 0) is 24.4 Å². The predicted octanol–water partition coefficient (Wildman–Crippen LogP) is 6.53. The summed E-state index contributed by atoms with van der Waals surface area (Å²) in [4.78, 5) is 29.1. The molecule has 2 aromatic carbocycles. The third kappa shape index (κ3) is 5.31. The lowest BCUT2D eigenvalue weighted by Crippen LogP contribution is -2.55. The van der Waals surface area contributed by atoms with E-state index >= 15 is 0 Å². The number of amides is 1. The zero-order valence-corrected chi connectivity index (χ0v) is 23.6. The first-order chi connectivity index (χ1) is 18.3. The molecule has 1 saturated heterocycles. The maximum Gasteiger partial charge on any atom is 0.416 e. The Morgan fingerprint density at radius 2 is 1.69 bits per heavy atom. The number of piperazine rings is 1. The second-order valence-corrected chi connectivity index (χ2v) is 11.5. The SMILES string of the molecule is CC(=O)C1CC(N2CCN(C(=O)c3ccc(Cl)c(Cc4cc5c(C)cc(C(F)(F)F)cc5n4C)c3Cl)CC2)C1. The van der Waals surface area contributed by atoms with Crippen molar-refractivity contribution in [1.29, 1.82) is 0 Å². The fraction of sp³-hybridized carbons (Fsp3) is 0.448. The molecule has 2 fully saturated rings. The Hall–Kier alpha value is -2.55. The number of benzene rings is 2. The van der Waals surface area contributed by atoms with Crippen LogP contribution in [0.4, 0.5) is 13.2 Å². The Kier molecular flexibility index (Phi) is 7.50. The number of aromatic nitrogens is 1. The van der Waals surface area contributed by atoms with Gasteiger partial charge in [-0.15, -0.1) is 0 Å². The van der Waals surface area contributed by atoms with Gasteiger partial charge in [-0.1, -0.05) is 23.2 Å². The van der Waals surface area contributed by atoms with Crippen molar-refractivity contribution in [2.24, 2.45) is 13.0 Å². The van der Waals surface area contributed by atoms with E-state index in [0.29, 0.717) is 46.4 Å². The van der Waals surface area contributed by atoms with E-state index in [4.69, 9.17) is 23.2 Å². The normalized spacial score (nSPS) is 20.4. The smallest absolute Gasteiger partial charge is 0.347 e. The van der Waals surface area contributed by atoms with E-state index in [1.807, 2.05) is 6.07 Å². The molecule has 0 atom stereocenters. The van der Waals surface area contributed by atoms with Gasteiger partial charge in [0.15, 0.2) is 0 Å². The molecule has 0 bridgehead atoms. The highest BCUT2D eigenvalue weighted by Gasteiger charge is 2.38. The number of fused-ring (bicyclic) bond motifs is 1. The zero-order valence-electron chi connectivity index (χ0n) is 22.0. The summed E-state index contributed by atoms with van der Waals surface area (Å²) in [7, 11) is 1.72. The summed E-state index contributed by atoms with van der Waals surface area (Å²) in [5, 5.41) is 1.37. The number of rotatable bonds is 5. The van der Waals surface area contributed by atoms with Gasteiger partial charge in [0.2, 0.25) is 0 Å². The Morgan fingerprint density at radius 3 is 2.31 bits per heavy atom. The first kappa shape index (κ1) is 28.0. The lowest BCUT2D eigenvalue weighted by Gasteiger charge is -2.45. The number of halogens is 5. The number of alkyl halides is 3. The van der Waals surface area contributed by atoms with Gasteiger partial charge in [0.05, 0.1) is 16.1 Å². The number of Topliss-reactive ketones (excluding diaryl/α,β-unsaturated/α-hetero) is 1. The topological polar surface area (TPSA) is 45.6 Å². The summed E-state index contributed by atoms with van der Waals surface area (Å²) in [6.45, 7) is 5.93. The molecule has 10 heteroatoms. The van der Waals surface area contributed by atoms with Gasteiger partial charge in [0.1, 0.15) is 5.78 Å². The van der Waals surface area contributed by atoms with Crippen LogP contribution in [-0.4, -0.2) is 58.3 Å². The van der Waals surface area contributed by atoms with E-state index in [2.05, 4.69) is 4.90 Å². The van der Waals surface area contributed by atoms with Gasteiger partial charge < -0.3 is 9.47 Å². The van der Waals surface area contributed by atoms with Crippen molar-refractivity contribution < 1.29 is 22.8 Å². The first-order valence-electron chi connectivity index (χ1n) is 13.0. The van der Waals surface area contributed by atoms with Crippen LogP contribution in [0.5, 0.6) is 0 Å². The van der Waals surface area contributed by atoms with Crippen LogP contribution in [0, 0.1) is 12.8 Å². The lowest BCUT2D eigenvalue weighted by molar-refractivity contribution is -0.137. The van der Waals surface area contributed by atoms with Crippen molar-refractivity contribution in [3.05, 3.63) is 68.3 Å². The van der Waals surface area contributed by atoms with Crippen molar-refractivity contribution >= 4 is 45.8 Å². The third-order valence-corrected chi connectivity index (χ3v) is 9.16. The molecule has 2 aliphatic rings. The van der Waals surface area contributed by atoms with E-state index in [1.165, 1.54) is 0 Å². The summed E-state index contributed by atoms with van der Waals surface area (Å²) < 4.78 is 41.9. The van der Waals surface area contributed by atoms with Crippen LogP contribution < -0.4 is 0 Å². The standard InChI is InChI=1S/C29H30Cl2F3N3O2/c1-16-10-19(29(32,33)34)13-26-23(16)14-20(35(26)3)15-24-25(30)5-4-22(27(24)31)28(39)37-8-6-36(7-9-37)21-11-18(12-21)17(2)38/h4-5,10,13-14,18,21H,6-9,11-12,15H2,1-3H3. The summed E-state index contributed by atoms with van der Waals surface area (Å²) in [5.74, 6) is 0.242. The fourth-order valence-corrected chi connectivity index (χ4v) is 6.37. The Labute approximate surface area is 235 Å². The van der Waals surface area contributed by atoms with Gasteiger partial charge in [0.25, 0.3) is 5.91 Å². The molecule has 1 aliphatic heterocycles. The number of carbonyl (C=O) groups is 2. The Bertz CT molecular complexity index is 1450. The molecule has 208 valence electrons. The van der Waals surface area contributed by atoms with Crippen molar-refractivity contribution in [3.63, 3.8) is 0 Å². The molecule has 2 heterocycles. The van der Waals surface area contributed by atoms with Gasteiger partial charge in [-0.05, 0) is 68.1 Å². The van der Waals surface area contributed by atoms with E-state index in [-0.39, 0.29) is 29.1 Å². The number of hydrogen-bond donors (Lipinski definition) is 0. The number of carbonyl (C=O) groups excluding carboxylic acids is 2. The van der Waals surface area contributed by atoms with Crippen molar-refractivity contribution in [1.82, 2.24) is 14.4 Å². The molecule has 0 unspecified atom stereocenters. The van der Waals surface area contributed by atoms with Crippen LogP contribution in [0.3, 0.4) is 0 Å². The van der Waals surface area contributed by atoms with Crippen LogP contribution in [0.1, 0.15) is 52.5 Å². The minimum absolute atomic E-state index is 0.165. The average Bonchev–Trinajstić information content (AvgIpc) is 3.16. The molecule has 0 radical (unpaired) electrons. The van der Waals surface area contributed by atoms with E-state index < -0.39 is 11.7 Å². The molecular weight excluding hydrogens is 550 g/mol. The second kappa shape index (κ2) is 10.5. The summed E-state index contributed by atoms with van der Waals surface area (Å²) >= 11 is 13.3. The highest BCUT2D eigenvalue weighted by molar-refractivity contribution is 6.38. The Morgan fingerprint density at radius 1 is 1.03 bits per heavy atom. The van der Waals surface area contributed by atoms with Crippen LogP contribution in [0.2, 0.25) is 10.0 Å². The zero-order chi connectivity index (χ0) is 28.2. The number of hydrogen-bond acceptors (Lipinski definition) is 3. The van der Waals surface area contributed by atoms with E-state index in [9.17, 15) is 22.8 Å². The number of aryl methyl sites for hydroxylation is 2. The molecule has 39 heavy (non-hydrogen) atoms. The van der Waals surface area contributed by atoms with Gasteiger partial charge in [0, 0.05) is 73.2 Å². The summed E-state index contributed by atoms with van der Waals surface area (Å²) in [6, 6.07) is 7.84. The highest BCUT2D eigenvalue weighted by Crippen LogP contribution is 2.37. The summed E-state index contributed by atoms with van der Waals surface area (Å²) in [6.07, 6.45) is -2.40. The van der Waals surface area contributed by atoms with E-state index in [1.54, 1.807) is 42.5 Å². The van der Waals surface area contributed by atoms with Crippen molar-refractivity contribution in [2.45, 2.75) is 45.3 Å². The molecule has 1 aromatic heterocycles. The van der Waals surface area contributed by atoms with Crippen LogP contribution in [0.25, 0.3) is 10.9 Å². The molecule has 1 saturated carbocycles. The predicted molar refractivity (Wildman–Crippen MR) is 147 cm³/mol. The fourth-order valence-electron chi connectivity index (χ4n) is 5.78. The third-order valence-electron chi connectivity index (χ3n) is 8.38. The lowest BCUT2D eigenvalue weighted by atomic mass is 9.77. The van der Waals surface area contributed by atoms with Gasteiger partial charge in [-0.3, -0.25) is 14.5 Å². The average molecular weight is 580 g/mol. The molecule has 5 nitrogen and oxygen atoms in total. The van der Waals surface area contributed by atoms with Gasteiger partial charge in [-0.2, -0.15) is 13.2 Å². The number of nitrogens with zero attached hydrogens (tertiary/aromatic N) is 3. The largest absolute Gasteiger partial charge is 0.416 e. The van der Waals surface area contributed by atoms with Gasteiger partial charge in [-0.25, -0.2) is 0 Å². The molecule has 1 aliphatic carbocycles. The minimum Gasteiger partial charge on any atom is -0.347 e. The summed E-state index contributed by atoms with van der Waals surface area (Å²) in [5.41, 5.74) is 1.96. The molecule has 3 aromatic rings. The molecule has 1 amide bonds. The number of ketones is 1. The molecule has 5 rings (SSSR count). The maximum atomic E-state index is 13.4. The minimum atomic E-state index is -4.44. The van der Waals surface area contributed by atoms with Gasteiger partial charge >= 0.3 is 6.18 Å². The maximum absolute atomic E-state index is 13.4. The molecule has 0 N–H and O–H groups in total. The monoisotopic (exact) mass is 579 g/mol. The highest BCUT2D eigenvalue weighted by atomic mass is 35.5. The first-order valence-corrected chi connectivity index (χ1v) is 13.8. The van der Waals surface area contributed by atoms with Crippen LogP contribution >= 0.6 is 23.2 Å². The van der Waals surface area contributed by atoms with E-state index in [0.717, 1.165) is 49.1 Å². The quantitative estimate of drug-likeness (QED) is 0.345. The molecule has 0 spiro atoms. The van der Waals surface area contributed by atoms with Crippen molar-refractivity contribution in [2.75, 3.05) is 26.2 Å². The second-order valence-electron chi connectivity index (χ2n) is 10.7. The van der Waals surface area contributed by atoms with Crippen molar-refractivity contribution in [3.8, 4) is 0 Å².